The zero-order valence-corrected chi connectivity index (χ0v) is 21.8. The summed E-state index contributed by atoms with van der Waals surface area (Å²) in [6, 6.07) is 7.63. The standard InChI is InChI=1S/C26H41ClN4O4/c1-3-29-24(32)18-35-25(20-6-4-8-22(27)15-20)21-7-5-11-31(17-21)26(33)30-23(16-28-2)14-19-9-12-34-13-10-19/h4,6,8,15,19,21,23,25,28H,3,5,7,9-14,16-18H2,1-2H3,(H,29,32)(H,30,33). The van der Waals surface area contributed by atoms with Crippen LogP contribution >= 0.6 is 11.6 Å². The van der Waals surface area contributed by atoms with E-state index in [4.69, 9.17) is 21.1 Å². The van der Waals surface area contributed by atoms with Gasteiger partial charge in [0.05, 0.1) is 6.10 Å². The van der Waals surface area contributed by atoms with E-state index in [0.717, 1.165) is 57.4 Å². The number of nitrogens with zero attached hydrogens (tertiary/aromatic N) is 1. The molecule has 0 aliphatic carbocycles. The summed E-state index contributed by atoms with van der Waals surface area (Å²) in [5, 5.41) is 9.90. The van der Waals surface area contributed by atoms with E-state index >= 15 is 0 Å². The molecule has 3 amide bonds. The van der Waals surface area contributed by atoms with E-state index in [-0.39, 0.29) is 36.6 Å². The van der Waals surface area contributed by atoms with Crippen molar-refractivity contribution in [3.63, 3.8) is 0 Å². The van der Waals surface area contributed by atoms with Crippen LogP contribution in [0.3, 0.4) is 0 Å². The van der Waals surface area contributed by atoms with Gasteiger partial charge in [0.25, 0.3) is 0 Å². The third kappa shape index (κ3) is 8.94. The molecule has 3 N–H and O–H groups in total. The van der Waals surface area contributed by atoms with E-state index in [1.54, 1.807) is 0 Å². The lowest BCUT2D eigenvalue weighted by atomic mass is 9.88. The molecule has 2 fully saturated rings. The number of carbonyl (C=O) groups is 2. The molecule has 35 heavy (non-hydrogen) atoms. The molecule has 2 saturated heterocycles. The number of piperidine rings is 1. The van der Waals surface area contributed by atoms with E-state index in [0.29, 0.717) is 30.6 Å². The lowest BCUT2D eigenvalue weighted by Gasteiger charge is -2.38. The molecule has 2 aliphatic rings. The molecule has 1 aromatic carbocycles. The van der Waals surface area contributed by atoms with Crippen molar-refractivity contribution in [1.29, 1.82) is 0 Å². The first-order valence-electron chi connectivity index (χ1n) is 12.9. The summed E-state index contributed by atoms with van der Waals surface area (Å²) in [7, 11) is 1.92. The smallest absolute Gasteiger partial charge is 0.317 e. The molecule has 0 saturated carbocycles. The summed E-state index contributed by atoms with van der Waals surface area (Å²) in [5.74, 6) is 0.500. The number of halogens is 1. The van der Waals surface area contributed by atoms with Crippen LogP contribution in [0.5, 0.6) is 0 Å². The van der Waals surface area contributed by atoms with Crippen molar-refractivity contribution < 1.29 is 19.1 Å². The van der Waals surface area contributed by atoms with Gasteiger partial charge < -0.3 is 30.3 Å². The fraction of sp³-hybridized carbons (Fsp3) is 0.692. The number of urea groups is 1. The summed E-state index contributed by atoms with van der Waals surface area (Å²) < 4.78 is 11.6. The molecule has 1 aromatic rings. The quantitative estimate of drug-likeness (QED) is 0.426. The van der Waals surface area contributed by atoms with Crippen molar-refractivity contribution in [3.05, 3.63) is 34.9 Å². The second-order valence-electron chi connectivity index (χ2n) is 9.58. The lowest BCUT2D eigenvalue weighted by Crippen LogP contribution is -2.52. The van der Waals surface area contributed by atoms with Crippen molar-refractivity contribution in [1.82, 2.24) is 20.9 Å². The van der Waals surface area contributed by atoms with E-state index in [2.05, 4.69) is 16.0 Å². The van der Waals surface area contributed by atoms with E-state index in [1.807, 2.05) is 43.1 Å². The maximum atomic E-state index is 13.3. The van der Waals surface area contributed by atoms with Crippen molar-refractivity contribution >= 4 is 23.5 Å². The normalized spacial score (nSPS) is 20.8. The zero-order chi connectivity index (χ0) is 25.0. The Morgan fingerprint density at radius 3 is 2.77 bits per heavy atom. The average molecular weight is 509 g/mol. The molecule has 3 unspecified atom stereocenters. The highest BCUT2D eigenvalue weighted by atomic mass is 35.5. The molecule has 0 radical (unpaired) electrons. The number of nitrogens with one attached hydrogen (secondary N) is 3. The Balaban J connectivity index is 1.64. The molecule has 8 nitrogen and oxygen atoms in total. The van der Waals surface area contributed by atoms with Gasteiger partial charge in [0.1, 0.15) is 6.61 Å². The monoisotopic (exact) mass is 508 g/mol. The van der Waals surface area contributed by atoms with Crippen LogP contribution in [0.15, 0.2) is 24.3 Å². The van der Waals surface area contributed by atoms with Crippen LogP contribution < -0.4 is 16.0 Å². The summed E-state index contributed by atoms with van der Waals surface area (Å²) in [4.78, 5) is 27.3. The molecular weight excluding hydrogens is 468 g/mol. The molecule has 196 valence electrons. The summed E-state index contributed by atoms with van der Waals surface area (Å²) in [6.07, 6.45) is 4.53. The van der Waals surface area contributed by atoms with E-state index in [9.17, 15) is 9.59 Å². The van der Waals surface area contributed by atoms with Gasteiger partial charge in [-0.2, -0.15) is 0 Å². The number of carbonyl (C=O) groups excluding carboxylic acids is 2. The minimum absolute atomic E-state index is 0.0247. The van der Waals surface area contributed by atoms with Crippen molar-refractivity contribution in [2.45, 2.75) is 51.2 Å². The van der Waals surface area contributed by atoms with Gasteiger partial charge in [-0.1, -0.05) is 23.7 Å². The summed E-state index contributed by atoms with van der Waals surface area (Å²) in [6.45, 7) is 6.05. The van der Waals surface area contributed by atoms with E-state index in [1.165, 1.54) is 0 Å². The molecule has 0 spiro atoms. The van der Waals surface area contributed by atoms with Gasteiger partial charge in [-0.05, 0) is 69.7 Å². The molecule has 3 rings (SSSR count). The van der Waals surface area contributed by atoms with Crippen LogP contribution in [-0.4, -0.2) is 75.9 Å². The number of likely N-dealkylation sites (N-methyl/N-ethyl adjacent to an activating group) is 2. The second-order valence-corrected chi connectivity index (χ2v) is 10.0. The number of rotatable bonds is 11. The second kappa shape index (κ2) is 14.6. The van der Waals surface area contributed by atoms with Crippen molar-refractivity contribution in [3.8, 4) is 0 Å². The summed E-state index contributed by atoms with van der Waals surface area (Å²) in [5.41, 5.74) is 0.932. The number of hydrogen-bond acceptors (Lipinski definition) is 5. The van der Waals surface area contributed by atoms with Crippen molar-refractivity contribution in [2.75, 3.05) is 53.0 Å². The number of amides is 3. The van der Waals surface area contributed by atoms with Gasteiger partial charge in [-0.15, -0.1) is 0 Å². The number of ether oxygens (including phenoxy) is 2. The first kappa shape index (κ1) is 27.7. The predicted octanol–water partition coefficient (Wildman–Crippen LogP) is 3.36. The van der Waals surface area contributed by atoms with E-state index < -0.39 is 0 Å². The first-order valence-corrected chi connectivity index (χ1v) is 13.3. The number of hydrogen-bond donors (Lipinski definition) is 3. The van der Waals surface area contributed by atoms with Gasteiger partial charge >= 0.3 is 6.03 Å². The molecule has 2 aliphatic heterocycles. The Hall–Kier alpha value is -1.87. The minimum atomic E-state index is -0.317. The Morgan fingerprint density at radius 1 is 1.26 bits per heavy atom. The molecule has 2 heterocycles. The Labute approximate surface area is 214 Å². The highest BCUT2D eigenvalue weighted by Gasteiger charge is 2.32. The van der Waals surface area contributed by atoms with Crippen LogP contribution in [-0.2, 0) is 14.3 Å². The lowest BCUT2D eigenvalue weighted by molar-refractivity contribution is -0.129. The topological polar surface area (TPSA) is 91.9 Å². The van der Waals surface area contributed by atoms with Crippen molar-refractivity contribution in [2.24, 2.45) is 11.8 Å². The third-order valence-electron chi connectivity index (χ3n) is 6.86. The fourth-order valence-electron chi connectivity index (χ4n) is 5.13. The number of benzene rings is 1. The summed E-state index contributed by atoms with van der Waals surface area (Å²) >= 11 is 6.26. The minimum Gasteiger partial charge on any atom is -0.381 e. The molecule has 0 aromatic heterocycles. The van der Waals surface area contributed by atoms with Crippen LogP contribution in [0.2, 0.25) is 5.02 Å². The maximum absolute atomic E-state index is 13.3. The van der Waals surface area contributed by atoms with Crippen LogP contribution in [0.1, 0.15) is 50.7 Å². The van der Waals surface area contributed by atoms with Gasteiger partial charge in [-0.3, -0.25) is 4.79 Å². The Kier molecular flexibility index (Phi) is 11.6. The SMILES string of the molecule is CCNC(=O)COC(c1cccc(Cl)c1)C1CCCN(C(=O)NC(CNC)CC2CCOCC2)C1. The zero-order valence-electron chi connectivity index (χ0n) is 21.1. The maximum Gasteiger partial charge on any atom is 0.317 e. The van der Waals surface area contributed by atoms with Gasteiger partial charge in [-0.25, -0.2) is 4.79 Å². The largest absolute Gasteiger partial charge is 0.381 e. The Bertz CT molecular complexity index is 805. The van der Waals surface area contributed by atoms with Crippen LogP contribution in [0.25, 0.3) is 0 Å². The average Bonchev–Trinajstić information content (AvgIpc) is 2.85. The molecule has 9 heteroatoms. The van der Waals surface area contributed by atoms with Crippen LogP contribution in [0, 0.1) is 11.8 Å². The fourth-order valence-corrected chi connectivity index (χ4v) is 5.33. The van der Waals surface area contributed by atoms with Gasteiger partial charge in [0.2, 0.25) is 5.91 Å². The first-order chi connectivity index (χ1) is 17.0. The van der Waals surface area contributed by atoms with Gasteiger partial charge in [0, 0.05) is 56.4 Å². The highest BCUT2D eigenvalue weighted by molar-refractivity contribution is 6.30. The van der Waals surface area contributed by atoms with Gasteiger partial charge in [0.15, 0.2) is 0 Å². The number of likely N-dealkylation sites (tertiary alicyclic amines) is 1. The molecular formula is C26H41ClN4O4. The molecule has 0 bridgehead atoms. The molecule has 3 atom stereocenters. The highest BCUT2D eigenvalue weighted by Crippen LogP contribution is 2.34. The predicted molar refractivity (Wildman–Crippen MR) is 138 cm³/mol. The third-order valence-corrected chi connectivity index (χ3v) is 7.09. The Morgan fingerprint density at radius 2 is 2.06 bits per heavy atom. The van der Waals surface area contributed by atoms with Crippen LogP contribution in [0.4, 0.5) is 4.79 Å².